The molecule has 0 spiro atoms. The Kier molecular flexibility index (Phi) is 6.04. The van der Waals surface area contributed by atoms with Gasteiger partial charge in [-0.2, -0.15) is 0 Å². The highest BCUT2D eigenvalue weighted by atomic mass is 32.2. The molecule has 1 aliphatic heterocycles. The lowest BCUT2D eigenvalue weighted by Gasteiger charge is -2.39. The van der Waals surface area contributed by atoms with E-state index in [1.54, 1.807) is 0 Å². The second-order valence-corrected chi connectivity index (χ2v) is 7.09. The number of piperidine rings is 1. The van der Waals surface area contributed by atoms with Crippen molar-refractivity contribution in [1.29, 1.82) is 0 Å². The minimum absolute atomic E-state index is 0.149. The molecule has 0 aromatic carbocycles. The van der Waals surface area contributed by atoms with Gasteiger partial charge in [0.15, 0.2) is 5.16 Å². The fourth-order valence-electron chi connectivity index (χ4n) is 3.04. The Morgan fingerprint density at radius 1 is 1.26 bits per heavy atom. The number of nitrogens with zero attached hydrogens (tertiary/aromatic N) is 4. The maximum Gasteiger partial charge on any atom is 0.233 e. The molecule has 128 valence electrons. The molecule has 7 nitrogen and oxygen atoms in total. The number of hydrogen-bond acceptors (Lipinski definition) is 5. The van der Waals surface area contributed by atoms with Gasteiger partial charge in [0.05, 0.1) is 5.75 Å². The lowest BCUT2D eigenvalue weighted by Crippen LogP contribution is -2.48. The Morgan fingerprint density at radius 2 is 1.91 bits per heavy atom. The molecule has 2 atom stereocenters. The average Bonchev–Trinajstić information content (AvgIpc) is 2.83. The summed E-state index contributed by atoms with van der Waals surface area (Å²) in [5.41, 5.74) is 5.15. The SMILES string of the molecule is C[C@@H]1CCC[C@H](C)N1C(=O)CSc1nnc(CCC(N)=O)n1C. The molecular weight excluding hydrogens is 314 g/mol. The highest BCUT2D eigenvalue weighted by Crippen LogP contribution is 2.25. The van der Waals surface area contributed by atoms with Gasteiger partial charge in [-0.25, -0.2) is 0 Å². The normalized spacial score (nSPS) is 21.4. The summed E-state index contributed by atoms with van der Waals surface area (Å²) in [5.74, 6) is 0.858. The fraction of sp³-hybridized carbons (Fsp3) is 0.733. The van der Waals surface area contributed by atoms with Gasteiger partial charge in [-0.05, 0) is 33.1 Å². The quantitative estimate of drug-likeness (QED) is 0.784. The van der Waals surface area contributed by atoms with Crippen molar-refractivity contribution in [2.75, 3.05) is 5.75 Å². The van der Waals surface area contributed by atoms with Crippen LogP contribution in [-0.4, -0.2) is 49.3 Å². The molecule has 1 aromatic heterocycles. The lowest BCUT2D eigenvalue weighted by molar-refractivity contribution is -0.134. The first kappa shape index (κ1) is 17.8. The molecule has 8 heteroatoms. The zero-order valence-electron chi connectivity index (χ0n) is 14.0. The van der Waals surface area contributed by atoms with E-state index in [0.29, 0.717) is 35.2 Å². The summed E-state index contributed by atoms with van der Waals surface area (Å²) in [6, 6.07) is 0.606. The van der Waals surface area contributed by atoms with Gasteiger partial charge in [0.1, 0.15) is 5.82 Å². The van der Waals surface area contributed by atoms with Gasteiger partial charge in [-0.3, -0.25) is 9.59 Å². The number of carbonyl (C=O) groups is 2. The van der Waals surface area contributed by atoms with E-state index in [0.717, 1.165) is 12.8 Å². The summed E-state index contributed by atoms with van der Waals surface area (Å²) in [6.45, 7) is 4.23. The third kappa shape index (κ3) is 4.46. The molecule has 1 aromatic rings. The zero-order chi connectivity index (χ0) is 17.0. The summed E-state index contributed by atoms with van der Waals surface area (Å²) in [4.78, 5) is 25.4. The third-order valence-electron chi connectivity index (χ3n) is 4.33. The van der Waals surface area contributed by atoms with Crippen LogP contribution in [0.1, 0.15) is 45.4 Å². The topological polar surface area (TPSA) is 94.1 Å². The molecule has 23 heavy (non-hydrogen) atoms. The number of amides is 2. The summed E-state index contributed by atoms with van der Waals surface area (Å²) < 4.78 is 1.82. The predicted octanol–water partition coefficient (Wildman–Crippen LogP) is 1.11. The van der Waals surface area contributed by atoms with E-state index < -0.39 is 0 Å². The van der Waals surface area contributed by atoms with Crippen molar-refractivity contribution in [3.8, 4) is 0 Å². The van der Waals surface area contributed by atoms with E-state index in [-0.39, 0.29) is 18.2 Å². The van der Waals surface area contributed by atoms with E-state index in [1.165, 1.54) is 18.2 Å². The van der Waals surface area contributed by atoms with Gasteiger partial charge >= 0.3 is 0 Å². The zero-order valence-corrected chi connectivity index (χ0v) is 14.8. The number of thioether (sulfide) groups is 1. The van der Waals surface area contributed by atoms with Crippen molar-refractivity contribution < 1.29 is 9.59 Å². The van der Waals surface area contributed by atoms with Crippen LogP contribution in [0.15, 0.2) is 5.16 Å². The monoisotopic (exact) mass is 339 g/mol. The number of nitrogens with two attached hydrogens (primary N) is 1. The van der Waals surface area contributed by atoms with Crippen molar-refractivity contribution in [3.63, 3.8) is 0 Å². The summed E-state index contributed by atoms with van der Waals surface area (Å²) in [7, 11) is 1.84. The standard InChI is InChI=1S/C15H25N5O2S/c1-10-5-4-6-11(2)20(10)14(22)9-23-15-18-17-13(19(15)3)8-7-12(16)21/h10-11H,4-9H2,1-3H3,(H2,16,21)/t10-,11+. The average molecular weight is 339 g/mol. The van der Waals surface area contributed by atoms with Crippen LogP contribution in [0.2, 0.25) is 0 Å². The number of hydrogen-bond donors (Lipinski definition) is 1. The smallest absolute Gasteiger partial charge is 0.233 e. The van der Waals surface area contributed by atoms with Crippen LogP contribution in [0.4, 0.5) is 0 Å². The Morgan fingerprint density at radius 3 is 2.52 bits per heavy atom. The summed E-state index contributed by atoms with van der Waals surface area (Å²) in [5, 5.41) is 8.86. The Bertz CT molecular complexity index is 564. The van der Waals surface area contributed by atoms with Gasteiger partial charge in [0, 0.05) is 32.0 Å². The Balaban J connectivity index is 1.92. The lowest BCUT2D eigenvalue weighted by atomic mass is 9.98. The second kappa shape index (κ2) is 7.81. The summed E-state index contributed by atoms with van der Waals surface area (Å²) >= 11 is 1.39. The number of rotatable bonds is 6. The molecule has 1 fully saturated rings. The first-order valence-corrected chi connectivity index (χ1v) is 8.99. The minimum Gasteiger partial charge on any atom is -0.370 e. The maximum absolute atomic E-state index is 12.5. The van der Waals surface area contributed by atoms with Gasteiger partial charge in [-0.15, -0.1) is 10.2 Å². The summed E-state index contributed by atoms with van der Waals surface area (Å²) in [6.07, 6.45) is 4.04. The number of carbonyl (C=O) groups excluding carboxylic acids is 2. The van der Waals surface area contributed by atoms with Crippen LogP contribution < -0.4 is 5.73 Å². The molecule has 1 saturated heterocycles. The van der Waals surface area contributed by atoms with E-state index in [9.17, 15) is 9.59 Å². The molecule has 2 rings (SSSR count). The first-order chi connectivity index (χ1) is 10.9. The van der Waals surface area contributed by atoms with Crippen LogP contribution >= 0.6 is 11.8 Å². The molecule has 2 N–H and O–H groups in total. The molecule has 0 bridgehead atoms. The van der Waals surface area contributed by atoms with Crippen LogP contribution in [0, 0.1) is 0 Å². The Labute approximate surface area is 141 Å². The van der Waals surface area contributed by atoms with Gasteiger partial charge in [0.2, 0.25) is 11.8 Å². The first-order valence-electron chi connectivity index (χ1n) is 8.00. The third-order valence-corrected chi connectivity index (χ3v) is 5.33. The van der Waals surface area contributed by atoms with Gasteiger partial charge < -0.3 is 15.2 Å². The predicted molar refractivity (Wildman–Crippen MR) is 88.9 cm³/mol. The van der Waals surface area contributed by atoms with Crippen LogP contribution in [0.25, 0.3) is 0 Å². The largest absolute Gasteiger partial charge is 0.370 e. The second-order valence-electron chi connectivity index (χ2n) is 6.14. The fourth-order valence-corrected chi connectivity index (χ4v) is 3.84. The van der Waals surface area contributed by atoms with Crippen molar-refractivity contribution in [2.24, 2.45) is 12.8 Å². The molecule has 0 unspecified atom stereocenters. The van der Waals surface area contributed by atoms with Crippen LogP contribution in [-0.2, 0) is 23.1 Å². The van der Waals surface area contributed by atoms with Gasteiger partial charge in [0.25, 0.3) is 0 Å². The highest BCUT2D eigenvalue weighted by Gasteiger charge is 2.29. The van der Waals surface area contributed by atoms with Crippen molar-refractivity contribution in [2.45, 2.75) is 63.2 Å². The van der Waals surface area contributed by atoms with E-state index in [1.807, 2.05) is 16.5 Å². The molecule has 2 amide bonds. The van der Waals surface area contributed by atoms with E-state index in [2.05, 4.69) is 24.0 Å². The van der Waals surface area contributed by atoms with Gasteiger partial charge in [-0.1, -0.05) is 11.8 Å². The number of likely N-dealkylation sites (tertiary alicyclic amines) is 1. The number of aromatic nitrogens is 3. The van der Waals surface area contributed by atoms with Crippen molar-refractivity contribution in [3.05, 3.63) is 5.82 Å². The van der Waals surface area contributed by atoms with E-state index >= 15 is 0 Å². The molecule has 1 aliphatic rings. The minimum atomic E-state index is -0.356. The highest BCUT2D eigenvalue weighted by molar-refractivity contribution is 7.99. The molecule has 0 saturated carbocycles. The van der Waals surface area contributed by atoms with E-state index in [4.69, 9.17) is 5.73 Å². The number of aryl methyl sites for hydroxylation is 1. The molecule has 0 radical (unpaired) electrons. The molecule has 0 aliphatic carbocycles. The molecule has 2 heterocycles. The van der Waals surface area contributed by atoms with Crippen LogP contribution in [0.5, 0.6) is 0 Å². The van der Waals surface area contributed by atoms with Crippen LogP contribution in [0.3, 0.4) is 0 Å². The Hall–Kier alpha value is -1.57. The van der Waals surface area contributed by atoms with Crippen molar-refractivity contribution in [1.82, 2.24) is 19.7 Å². The maximum atomic E-state index is 12.5. The number of primary amides is 1. The molecular formula is C15H25N5O2S. The van der Waals surface area contributed by atoms with Crippen molar-refractivity contribution >= 4 is 23.6 Å².